The van der Waals surface area contributed by atoms with Crippen LogP contribution in [0.3, 0.4) is 0 Å². The van der Waals surface area contributed by atoms with E-state index in [1.807, 2.05) is 79.7 Å². The summed E-state index contributed by atoms with van der Waals surface area (Å²) in [6, 6.07) is 29.5. The molecule has 0 unspecified atom stereocenters. The van der Waals surface area contributed by atoms with Crippen LogP contribution in [-0.2, 0) is 11.4 Å². The molecule has 0 radical (unpaired) electrons. The Morgan fingerprint density at radius 2 is 1.65 bits per heavy atom. The standard InChI is InChI=1S/C29H24N2O3/c1-20-26(29(32)31(30-20)24-12-4-3-5-13-24)17-21-15-16-27(28(18-21)33-2)34-19-23-11-8-10-22-9-6-7-14-25(22)23/h3-18H,19H2,1-2H3. The summed E-state index contributed by atoms with van der Waals surface area (Å²) in [4.78, 5) is 13.0. The van der Waals surface area contributed by atoms with Gasteiger partial charge >= 0.3 is 0 Å². The topological polar surface area (TPSA) is 51.1 Å². The number of hydrogen-bond donors (Lipinski definition) is 0. The molecule has 0 bridgehead atoms. The summed E-state index contributed by atoms with van der Waals surface area (Å²) in [6.45, 7) is 2.26. The largest absolute Gasteiger partial charge is 0.493 e. The van der Waals surface area contributed by atoms with E-state index in [9.17, 15) is 4.79 Å². The van der Waals surface area contributed by atoms with Crippen molar-refractivity contribution < 1.29 is 14.3 Å². The minimum Gasteiger partial charge on any atom is -0.493 e. The highest BCUT2D eigenvalue weighted by molar-refractivity contribution is 6.32. The van der Waals surface area contributed by atoms with Crippen molar-refractivity contribution in [2.75, 3.05) is 12.1 Å². The van der Waals surface area contributed by atoms with Gasteiger partial charge in [-0.15, -0.1) is 0 Å². The molecule has 0 aromatic heterocycles. The first-order valence-corrected chi connectivity index (χ1v) is 11.1. The molecule has 1 aliphatic rings. The molecule has 0 aliphatic carbocycles. The van der Waals surface area contributed by atoms with Crippen molar-refractivity contribution in [3.05, 3.63) is 108 Å². The maximum absolute atomic E-state index is 13.0. The van der Waals surface area contributed by atoms with Crippen molar-refractivity contribution in [1.29, 1.82) is 0 Å². The van der Waals surface area contributed by atoms with E-state index in [0.717, 1.165) is 16.8 Å². The van der Waals surface area contributed by atoms with E-state index < -0.39 is 0 Å². The number of rotatable bonds is 6. The van der Waals surface area contributed by atoms with Crippen LogP contribution in [0.25, 0.3) is 16.8 Å². The Bertz CT molecular complexity index is 1420. The number of para-hydroxylation sites is 1. The van der Waals surface area contributed by atoms with Gasteiger partial charge in [0.05, 0.1) is 24.1 Å². The van der Waals surface area contributed by atoms with Gasteiger partial charge in [0, 0.05) is 0 Å². The molecule has 0 saturated heterocycles. The SMILES string of the molecule is COc1cc(C=C2C(=O)N(c3ccccc3)N=C2C)ccc1OCc1cccc2ccccc12. The van der Waals surface area contributed by atoms with E-state index in [1.54, 1.807) is 7.11 Å². The molecular weight excluding hydrogens is 424 g/mol. The minimum absolute atomic E-state index is 0.154. The minimum atomic E-state index is -0.154. The molecule has 5 heteroatoms. The number of methoxy groups -OCH3 is 1. The number of ether oxygens (including phenoxy) is 2. The monoisotopic (exact) mass is 448 g/mol. The number of nitrogens with zero attached hydrogens (tertiary/aromatic N) is 2. The van der Waals surface area contributed by atoms with Gasteiger partial charge in [0.1, 0.15) is 6.61 Å². The smallest absolute Gasteiger partial charge is 0.280 e. The quantitative estimate of drug-likeness (QED) is 0.328. The first-order chi connectivity index (χ1) is 16.6. The molecule has 5 rings (SSSR count). The lowest BCUT2D eigenvalue weighted by Crippen LogP contribution is -2.21. The fourth-order valence-corrected chi connectivity index (χ4v) is 4.06. The number of carbonyl (C=O) groups is 1. The van der Waals surface area contributed by atoms with Gasteiger partial charge in [0.2, 0.25) is 0 Å². The fourth-order valence-electron chi connectivity index (χ4n) is 4.06. The third-order valence-corrected chi connectivity index (χ3v) is 5.83. The van der Waals surface area contributed by atoms with Crippen molar-refractivity contribution >= 4 is 34.2 Å². The molecule has 0 N–H and O–H groups in total. The van der Waals surface area contributed by atoms with Crippen LogP contribution in [0.1, 0.15) is 18.1 Å². The Kier molecular flexibility index (Phi) is 5.83. The van der Waals surface area contributed by atoms with Crippen molar-refractivity contribution in [1.82, 2.24) is 0 Å². The first-order valence-electron chi connectivity index (χ1n) is 11.1. The number of benzene rings is 4. The number of hydrazone groups is 1. The van der Waals surface area contributed by atoms with Crippen molar-refractivity contribution in [3.8, 4) is 11.5 Å². The zero-order chi connectivity index (χ0) is 23.5. The van der Waals surface area contributed by atoms with Crippen LogP contribution in [0.5, 0.6) is 11.5 Å². The van der Waals surface area contributed by atoms with Gasteiger partial charge in [-0.05, 0) is 59.2 Å². The van der Waals surface area contributed by atoms with E-state index in [2.05, 4.69) is 29.4 Å². The molecule has 5 nitrogen and oxygen atoms in total. The summed E-state index contributed by atoms with van der Waals surface area (Å²) in [7, 11) is 1.61. The van der Waals surface area contributed by atoms with E-state index in [0.29, 0.717) is 29.4 Å². The van der Waals surface area contributed by atoms with Crippen LogP contribution in [0, 0.1) is 0 Å². The van der Waals surface area contributed by atoms with Crippen LogP contribution in [0.4, 0.5) is 5.69 Å². The Morgan fingerprint density at radius 1 is 0.882 bits per heavy atom. The highest BCUT2D eigenvalue weighted by atomic mass is 16.5. The predicted octanol–water partition coefficient (Wildman–Crippen LogP) is 6.23. The summed E-state index contributed by atoms with van der Waals surface area (Å²) >= 11 is 0. The Labute approximate surface area is 198 Å². The van der Waals surface area contributed by atoms with Gasteiger partial charge in [-0.2, -0.15) is 10.1 Å². The summed E-state index contributed by atoms with van der Waals surface area (Å²) < 4.78 is 11.7. The fraction of sp³-hybridized carbons (Fsp3) is 0.103. The van der Waals surface area contributed by atoms with E-state index in [1.165, 1.54) is 15.8 Å². The summed E-state index contributed by atoms with van der Waals surface area (Å²) in [6.07, 6.45) is 1.83. The molecular formula is C29H24N2O3. The molecule has 1 amide bonds. The number of hydrogen-bond acceptors (Lipinski definition) is 4. The maximum Gasteiger partial charge on any atom is 0.280 e. The lowest BCUT2D eigenvalue weighted by molar-refractivity contribution is -0.114. The molecule has 4 aromatic carbocycles. The normalized spacial score (nSPS) is 14.5. The average Bonchev–Trinajstić information content (AvgIpc) is 3.16. The Morgan fingerprint density at radius 3 is 2.47 bits per heavy atom. The highest BCUT2D eigenvalue weighted by Crippen LogP contribution is 2.32. The van der Waals surface area contributed by atoms with Gasteiger partial charge in [-0.3, -0.25) is 4.79 Å². The van der Waals surface area contributed by atoms with Crippen molar-refractivity contribution in [2.45, 2.75) is 13.5 Å². The summed E-state index contributed by atoms with van der Waals surface area (Å²) in [5.41, 5.74) is 3.90. The van der Waals surface area contributed by atoms with Crippen LogP contribution in [0.15, 0.2) is 102 Å². The van der Waals surface area contributed by atoms with Gasteiger partial charge in [-0.1, -0.05) is 66.7 Å². The van der Waals surface area contributed by atoms with Crippen LogP contribution in [-0.4, -0.2) is 18.7 Å². The molecule has 0 fully saturated rings. The average molecular weight is 449 g/mol. The zero-order valence-electron chi connectivity index (χ0n) is 19.1. The molecule has 0 atom stereocenters. The first kappa shape index (κ1) is 21.5. The lowest BCUT2D eigenvalue weighted by Gasteiger charge is -2.13. The zero-order valence-corrected chi connectivity index (χ0v) is 19.1. The summed E-state index contributed by atoms with van der Waals surface area (Å²) in [5.74, 6) is 1.10. The van der Waals surface area contributed by atoms with Crippen LogP contribution in [0.2, 0.25) is 0 Å². The molecule has 0 saturated carbocycles. The molecule has 168 valence electrons. The number of anilines is 1. The second-order valence-electron chi connectivity index (χ2n) is 8.03. The lowest BCUT2D eigenvalue weighted by atomic mass is 10.1. The number of amides is 1. The van der Waals surface area contributed by atoms with E-state index >= 15 is 0 Å². The molecule has 1 heterocycles. The van der Waals surface area contributed by atoms with Gasteiger partial charge < -0.3 is 9.47 Å². The second-order valence-corrected chi connectivity index (χ2v) is 8.03. The number of fused-ring (bicyclic) bond motifs is 1. The Balaban J connectivity index is 1.37. The van der Waals surface area contributed by atoms with Gasteiger partial charge in [0.25, 0.3) is 5.91 Å². The third-order valence-electron chi connectivity index (χ3n) is 5.83. The number of carbonyl (C=O) groups excluding carboxylic acids is 1. The van der Waals surface area contributed by atoms with Crippen LogP contribution < -0.4 is 14.5 Å². The second kappa shape index (κ2) is 9.24. The van der Waals surface area contributed by atoms with Gasteiger partial charge in [-0.25, -0.2) is 0 Å². The molecule has 4 aromatic rings. The highest BCUT2D eigenvalue weighted by Gasteiger charge is 2.28. The van der Waals surface area contributed by atoms with E-state index in [4.69, 9.17) is 9.47 Å². The van der Waals surface area contributed by atoms with Crippen molar-refractivity contribution in [3.63, 3.8) is 0 Å². The Hall–Kier alpha value is -4.38. The third kappa shape index (κ3) is 4.16. The molecule has 34 heavy (non-hydrogen) atoms. The molecule has 0 spiro atoms. The van der Waals surface area contributed by atoms with Crippen LogP contribution >= 0.6 is 0 Å². The predicted molar refractivity (Wildman–Crippen MR) is 136 cm³/mol. The van der Waals surface area contributed by atoms with E-state index in [-0.39, 0.29) is 5.91 Å². The van der Waals surface area contributed by atoms with Gasteiger partial charge in [0.15, 0.2) is 11.5 Å². The van der Waals surface area contributed by atoms with Crippen molar-refractivity contribution in [2.24, 2.45) is 5.10 Å². The molecule has 1 aliphatic heterocycles. The maximum atomic E-state index is 13.0. The summed E-state index contributed by atoms with van der Waals surface area (Å²) in [5, 5.41) is 8.22.